The van der Waals surface area contributed by atoms with E-state index in [2.05, 4.69) is 5.32 Å². The number of carbonyl (C=O) groups excluding carboxylic acids is 2. The standard InChI is InChI=1S/C23H21N3O5S2/c27-22(24-19-6-1-2-7-20(19)26-11-12-31-23(26)28)16-4-3-5-18(14-16)33(29,30)25-10-8-21-17(15-25)9-13-32-21/h1-7,9,13-14H,8,10-12,15H2,(H,24,27). The van der Waals surface area contributed by atoms with E-state index in [1.807, 2.05) is 11.4 Å². The Labute approximate surface area is 195 Å². The molecule has 1 saturated heterocycles. The van der Waals surface area contributed by atoms with Crippen LogP contribution in [0.5, 0.6) is 0 Å². The van der Waals surface area contributed by atoms with Gasteiger partial charge < -0.3 is 10.1 Å². The molecule has 0 unspecified atom stereocenters. The minimum absolute atomic E-state index is 0.0743. The summed E-state index contributed by atoms with van der Waals surface area (Å²) in [4.78, 5) is 27.7. The molecule has 5 rings (SSSR count). The zero-order chi connectivity index (χ0) is 23.0. The summed E-state index contributed by atoms with van der Waals surface area (Å²) in [5, 5.41) is 4.77. The number of sulfonamides is 1. The molecule has 0 atom stereocenters. The molecule has 2 amide bonds. The first-order valence-electron chi connectivity index (χ1n) is 10.4. The van der Waals surface area contributed by atoms with Gasteiger partial charge in [0.1, 0.15) is 6.61 Å². The quantitative estimate of drug-likeness (QED) is 0.597. The maximum absolute atomic E-state index is 13.3. The molecule has 3 heterocycles. The van der Waals surface area contributed by atoms with Crippen LogP contribution in [0.1, 0.15) is 20.8 Å². The fourth-order valence-corrected chi connectivity index (χ4v) is 6.35. The highest BCUT2D eigenvalue weighted by atomic mass is 32.2. The van der Waals surface area contributed by atoms with Crippen molar-refractivity contribution >= 4 is 44.7 Å². The fourth-order valence-electron chi connectivity index (χ4n) is 4.00. The minimum Gasteiger partial charge on any atom is -0.447 e. The number of fused-ring (bicyclic) bond motifs is 1. The van der Waals surface area contributed by atoms with Crippen LogP contribution in [0.2, 0.25) is 0 Å². The van der Waals surface area contributed by atoms with Gasteiger partial charge in [-0.25, -0.2) is 13.2 Å². The van der Waals surface area contributed by atoms with Crippen molar-refractivity contribution < 1.29 is 22.7 Å². The molecule has 0 saturated carbocycles. The van der Waals surface area contributed by atoms with Crippen LogP contribution in [-0.4, -0.2) is 44.4 Å². The van der Waals surface area contributed by atoms with Crippen molar-refractivity contribution in [2.45, 2.75) is 17.9 Å². The number of amides is 2. The summed E-state index contributed by atoms with van der Waals surface area (Å²) in [5.74, 6) is -0.467. The topological polar surface area (TPSA) is 96.0 Å². The van der Waals surface area contributed by atoms with Crippen LogP contribution in [0.25, 0.3) is 0 Å². The predicted molar refractivity (Wildman–Crippen MR) is 125 cm³/mol. The molecule has 2 aromatic carbocycles. The van der Waals surface area contributed by atoms with Crippen LogP contribution in [0, 0.1) is 0 Å². The van der Waals surface area contributed by atoms with Crippen molar-refractivity contribution in [3.05, 3.63) is 76.0 Å². The monoisotopic (exact) mass is 483 g/mol. The number of nitrogens with one attached hydrogen (secondary N) is 1. The van der Waals surface area contributed by atoms with Crippen LogP contribution < -0.4 is 10.2 Å². The molecule has 0 spiro atoms. The number of hydrogen-bond acceptors (Lipinski definition) is 6. The van der Waals surface area contributed by atoms with Gasteiger partial charge in [0.25, 0.3) is 5.91 Å². The Morgan fingerprint density at radius 1 is 1.06 bits per heavy atom. The number of rotatable bonds is 5. The molecule has 170 valence electrons. The fraction of sp³-hybridized carbons (Fsp3) is 0.217. The van der Waals surface area contributed by atoms with E-state index < -0.39 is 22.0 Å². The van der Waals surface area contributed by atoms with E-state index in [4.69, 9.17) is 4.74 Å². The van der Waals surface area contributed by atoms with E-state index in [-0.39, 0.29) is 17.1 Å². The van der Waals surface area contributed by atoms with Gasteiger partial charge in [0.05, 0.1) is 22.8 Å². The molecule has 2 aliphatic rings. The normalized spacial score (nSPS) is 16.4. The second-order valence-corrected chi connectivity index (χ2v) is 10.7. The smallest absolute Gasteiger partial charge is 0.414 e. The first-order valence-corrected chi connectivity index (χ1v) is 12.8. The van der Waals surface area contributed by atoms with Gasteiger partial charge in [-0.2, -0.15) is 4.31 Å². The highest BCUT2D eigenvalue weighted by molar-refractivity contribution is 7.89. The molecule has 3 aromatic rings. The SMILES string of the molecule is O=C(Nc1ccccc1N1CCOC1=O)c1cccc(S(=O)(=O)N2CCc3sccc3C2)c1. The molecular formula is C23H21N3O5S2. The highest BCUT2D eigenvalue weighted by Crippen LogP contribution is 2.30. The molecule has 0 bridgehead atoms. The zero-order valence-electron chi connectivity index (χ0n) is 17.6. The molecular weight excluding hydrogens is 462 g/mol. The summed E-state index contributed by atoms with van der Waals surface area (Å²) >= 11 is 1.64. The second kappa shape index (κ2) is 8.62. The van der Waals surface area contributed by atoms with E-state index in [0.29, 0.717) is 37.4 Å². The third-order valence-corrected chi connectivity index (χ3v) is 8.57. The molecule has 1 aromatic heterocycles. The molecule has 8 nitrogen and oxygen atoms in total. The molecule has 10 heteroatoms. The van der Waals surface area contributed by atoms with E-state index in [1.165, 1.54) is 26.2 Å². The van der Waals surface area contributed by atoms with Gasteiger partial charge in [-0.1, -0.05) is 18.2 Å². The van der Waals surface area contributed by atoms with Gasteiger partial charge >= 0.3 is 6.09 Å². The van der Waals surface area contributed by atoms with E-state index in [0.717, 1.165) is 5.56 Å². The third kappa shape index (κ3) is 4.12. The number of benzene rings is 2. The van der Waals surface area contributed by atoms with Crippen molar-refractivity contribution in [1.82, 2.24) is 4.31 Å². The molecule has 1 fully saturated rings. The maximum atomic E-state index is 13.3. The number of cyclic esters (lactones) is 1. The van der Waals surface area contributed by atoms with Gasteiger partial charge in [0, 0.05) is 23.5 Å². The number of hydrogen-bond donors (Lipinski definition) is 1. The number of para-hydroxylation sites is 2. The lowest BCUT2D eigenvalue weighted by molar-refractivity contribution is 0.102. The van der Waals surface area contributed by atoms with Gasteiger partial charge in [-0.3, -0.25) is 9.69 Å². The molecule has 1 N–H and O–H groups in total. The Kier molecular flexibility index (Phi) is 5.65. The summed E-state index contributed by atoms with van der Waals surface area (Å²) in [7, 11) is -3.75. The molecule has 0 aliphatic carbocycles. The summed E-state index contributed by atoms with van der Waals surface area (Å²) in [6.45, 7) is 1.41. The number of thiophene rings is 1. The van der Waals surface area contributed by atoms with Crippen LogP contribution in [-0.2, 0) is 27.7 Å². The van der Waals surface area contributed by atoms with Gasteiger partial charge in [0.2, 0.25) is 10.0 Å². The molecule has 0 radical (unpaired) electrons. The van der Waals surface area contributed by atoms with Crippen molar-refractivity contribution in [3.63, 3.8) is 0 Å². The summed E-state index contributed by atoms with van der Waals surface area (Å²) in [6, 6.07) is 14.9. The maximum Gasteiger partial charge on any atom is 0.414 e. The predicted octanol–water partition coefficient (Wildman–Crippen LogP) is 3.70. The largest absolute Gasteiger partial charge is 0.447 e. The van der Waals surface area contributed by atoms with E-state index >= 15 is 0 Å². The van der Waals surface area contributed by atoms with Gasteiger partial charge in [-0.15, -0.1) is 11.3 Å². The number of nitrogens with zero attached hydrogens (tertiary/aromatic N) is 2. The number of anilines is 2. The number of ether oxygens (including phenoxy) is 1. The summed E-state index contributed by atoms with van der Waals surface area (Å²) in [5.41, 5.74) is 2.21. The molecule has 2 aliphatic heterocycles. The Balaban J connectivity index is 1.38. The molecule has 33 heavy (non-hydrogen) atoms. The lowest BCUT2D eigenvalue weighted by atomic mass is 10.1. The van der Waals surface area contributed by atoms with E-state index in [1.54, 1.807) is 47.7 Å². The summed E-state index contributed by atoms with van der Waals surface area (Å²) < 4.78 is 33.0. The lowest BCUT2D eigenvalue weighted by Gasteiger charge is -2.26. The van der Waals surface area contributed by atoms with Crippen LogP contribution in [0.3, 0.4) is 0 Å². The minimum atomic E-state index is -3.75. The zero-order valence-corrected chi connectivity index (χ0v) is 19.2. The van der Waals surface area contributed by atoms with Crippen LogP contribution in [0.4, 0.5) is 16.2 Å². The first-order chi connectivity index (χ1) is 15.9. The van der Waals surface area contributed by atoms with Crippen molar-refractivity contribution in [1.29, 1.82) is 0 Å². The van der Waals surface area contributed by atoms with Crippen molar-refractivity contribution in [3.8, 4) is 0 Å². The average Bonchev–Trinajstić information content (AvgIpc) is 3.47. The number of carbonyl (C=O) groups is 2. The Morgan fingerprint density at radius 2 is 1.91 bits per heavy atom. The summed E-state index contributed by atoms with van der Waals surface area (Å²) in [6.07, 6.45) is 0.211. The Bertz CT molecular complexity index is 1340. The third-order valence-electron chi connectivity index (χ3n) is 5.71. The Hall–Kier alpha value is -3.21. The van der Waals surface area contributed by atoms with Crippen molar-refractivity contribution in [2.24, 2.45) is 0 Å². The first kappa shape index (κ1) is 21.6. The lowest BCUT2D eigenvalue weighted by Crippen LogP contribution is -2.35. The van der Waals surface area contributed by atoms with E-state index in [9.17, 15) is 18.0 Å². The van der Waals surface area contributed by atoms with Crippen LogP contribution in [0.15, 0.2) is 64.9 Å². The Morgan fingerprint density at radius 3 is 2.73 bits per heavy atom. The van der Waals surface area contributed by atoms with Gasteiger partial charge in [-0.05, 0) is 53.8 Å². The average molecular weight is 484 g/mol. The highest BCUT2D eigenvalue weighted by Gasteiger charge is 2.30. The van der Waals surface area contributed by atoms with Crippen molar-refractivity contribution in [2.75, 3.05) is 29.9 Å². The van der Waals surface area contributed by atoms with Gasteiger partial charge in [0.15, 0.2) is 0 Å². The second-order valence-electron chi connectivity index (χ2n) is 7.72. The van der Waals surface area contributed by atoms with Crippen LogP contribution >= 0.6 is 11.3 Å².